The molecule has 0 saturated heterocycles. The minimum absolute atomic E-state index is 0.0909. The fourth-order valence-electron chi connectivity index (χ4n) is 2.01. The average molecular weight is 299 g/mol. The summed E-state index contributed by atoms with van der Waals surface area (Å²) in [6.45, 7) is 0.953. The van der Waals surface area contributed by atoms with E-state index in [0.717, 1.165) is 6.42 Å². The Labute approximate surface area is 122 Å². The standard InChI is InChI=1S/C15H19F2NO3/c1-3-5-11(9-18)14(19)10-6-7-12(21-15(16)17)13(8-10)20-4-2/h6-8,11,14-15,19H,3-5H2,1-2H3. The molecule has 1 rings (SSSR count). The van der Waals surface area contributed by atoms with Crippen LogP contribution in [-0.2, 0) is 0 Å². The van der Waals surface area contributed by atoms with Gasteiger partial charge in [0.2, 0.25) is 0 Å². The predicted molar refractivity (Wildman–Crippen MR) is 73.2 cm³/mol. The van der Waals surface area contributed by atoms with Gasteiger partial charge in [0, 0.05) is 0 Å². The van der Waals surface area contributed by atoms with Crippen LogP contribution < -0.4 is 9.47 Å². The Hall–Kier alpha value is -1.87. The Kier molecular flexibility index (Phi) is 6.89. The largest absolute Gasteiger partial charge is 0.490 e. The van der Waals surface area contributed by atoms with E-state index in [0.29, 0.717) is 12.0 Å². The van der Waals surface area contributed by atoms with Gasteiger partial charge in [-0.25, -0.2) is 0 Å². The number of hydrogen-bond acceptors (Lipinski definition) is 4. The summed E-state index contributed by atoms with van der Waals surface area (Å²) >= 11 is 0. The zero-order valence-corrected chi connectivity index (χ0v) is 12.1. The third-order valence-corrected chi connectivity index (χ3v) is 2.97. The molecule has 1 aromatic rings. The van der Waals surface area contributed by atoms with Crippen LogP contribution >= 0.6 is 0 Å². The van der Waals surface area contributed by atoms with E-state index in [1.165, 1.54) is 18.2 Å². The summed E-state index contributed by atoms with van der Waals surface area (Å²) in [6.07, 6.45) is 0.326. The summed E-state index contributed by atoms with van der Waals surface area (Å²) in [5.74, 6) is -0.513. The molecule has 0 saturated carbocycles. The number of rotatable bonds is 8. The fourth-order valence-corrected chi connectivity index (χ4v) is 2.01. The highest BCUT2D eigenvalue weighted by molar-refractivity contribution is 5.44. The summed E-state index contributed by atoms with van der Waals surface area (Å²) in [7, 11) is 0. The highest BCUT2D eigenvalue weighted by Crippen LogP contribution is 2.34. The number of ether oxygens (including phenoxy) is 2. The van der Waals surface area contributed by atoms with Crippen LogP contribution in [0.2, 0.25) is 0 Å². The van der Waals surface area contributed by atoms with E-state index in [4.69, 9.17) is 10.00 Å². The van der Waals surface area contributed by atoms with E-state index in [-0.39, 0.29) is 18.1 Å². The van der Waals surface area contributed by atoms with Crippen molar-refractivity contribution >= 4 is 0 Å². The minimum atomic E-state index is -2.95. The van der Waals surface area contributed by atoms with Gasteiger partial charge >= 0.3 is 6.61 Å². The molecule has 2 atom stereocenters. The molecule has 1 aromatic carbocycles. The first kappa shape index (κ1) is 17.2. The van der Waals surface area contributed by atoms with E-state index >= 15 is 0 Å². The molecule has 21 heavy (non-hydrogen) atoms. The van der Waals surface area contributed by atoms with Crippen LogP contribution in [0.5, 0.6) is 11.5 Å². The summed E-state index contributed by atoms with van der Waals surface area (Å²) in [5, 5.41) is 19.3. The molecule has 0 heterocycles. The topological polar surface area (TPSA) is 62.5 Å². The third kappa shape index (κ3) is 4.87. The Morgan fingerprint density at radius 2 is 2.00 bits per heavy atom. The second-order valence-electron chi connectivity index (χ2n) is 4.49. The molecule has 0 aromatic heterocycles. The number of hydrogen-bond donors (Lipinski definition) is 1. The van der Waals surface area contributed by atoms with E-state index in [9.17, 15) is 13.9 Å². The Bertz CT molecular complexity index is 488. The molecule has 0 spiro atoms. The lowest BCUT2D eigenvalue weighted by Gasteiger charge is -2.18. The Morgan fingerprint density at radius 3 is 2.52 bits per heavy atom. The van der Waals surface area contributed by atoms with Crippen LogP contribution in [0.1, 0.15) is 38.4 Å². The summed E-state index contributed by atoms with van der Waals surface area (Å²) in [6, 6.07) is 6.27. The Morgan fingerprint density at radius 1 is 1.29 bits per heavy atom. The maximum absolute atomic E-state index is 12.3. The first-order valence-electron chi connectivity index (χ1n) is 6.82. The van der Waals surface area contributed by atoms with Gasteiger partial charge in [0.1, 0.15) is 0 Å². The SMILES string of the molecule is CCCC(C#N)C(O)c1ccc(OC(F)F)c(OCC)c1. The van der Waals surface area contributed by atoms with Gasteiger partial charge in [0.25, 0.3) is 0 Å². The van der Waals surface area contributed by atoms with Gasteiger partial charge in [0.05, 0.1) is 24.7 Å². The van der Waals surface area contributed by atoms with Crippen molar-refractivity contribution in [3.8, 4) is 17.6 Å². The fraction of sp³-hybridized carbons (Fsp3) is 0.533. The molecule has 1 N–H and O–H groups in total. The number of alkyl halides is 2. The molecule has 4 nitrogen and oxygen atoms in total. The van der Waals surface area contributed by atoms with Crippen LogP contribution in [0.25, 0.3) is 0 Å². The maximum atomic E-state index is 12.3. The molecule has 0 aliphatic heterocycles. The molecule has 6 heteroatoms. The lowest BCUT2D eigenvalue weighted by atomic mass is 9.93. The van der Waals surface area contributed by atoms with Crippen molar-refractivity contribution in [1.82, 2.24) is 0 Å². The van der Waals surface area contributed by atoms with E-state index in [1.54, 1.807) is 6.92 Å². The molecule has 0 amide bonds. The number of aliphatic hydroxyl groups excluding tert-OH is 1. The number of benzene rings is 1. The summed E-state index contributed by atoms with van der Waals surface area (Å²) < 4.78 is 34.2. The summed E-state index contributed by atoms with van der Waals surface area (Å²) in [4.78, 5) is 0. The Balaban J connectivity index is 3.03. The first-order chi connectivity index (χ1) is 10.0. The zero-order valence-electron chi connectivity index (χ0n) is 12.1. The van der Waals surface area contributed by atoms with Gasteiger partial charge in [-0.2, -0.15) is 14.0 Å². The van der Waals surface area contributed by atoms with Crippen LogP contribution in [0, 0.1) is 17.2 Å². The third-order valence-electron chi connectivity index (χ3n) is 2.97. The van der Waals surface area contributed by atoms with Gasteiger partial charge in [-0.05, 0) is 31.0 Å². The van der Waals surface area contributed by atoms with Crippen molar-refractivity contribution in [3.05, 3.63) is 23.8 Å². The van der Waals surface area contributed by atoms with Crippen molar-refractivity contribution < 1.29 is 23.4 Å². The highest BCUT2D eigenvalue weighted by Gasteiger charge is 2.22. The molecular weight excluding hydrogens is 280 g/mol. The molecule has 0 bridgehead atoms. The number of halogens is 2. The molecule has 0 aliphatic carbocycles. The number of nitriles is 1. The normalized spacial score (nSPS) is 13.6. The molecular formula is C15H19F2NO3. The van der Waals surface area contributed by atoms with Crippen LogP contribution in [-0.4, -0.2) is 18.3 Å². The molecule has 0 aliphatic rings. The predicted octanol–water partition coefficient (Wildman–Crippen LogP) is 3.66. The van der Waals surface area contributed by atoms with Crippen molar-refractivity contribution in [2.24, 2.45) is 5.92 Å². The first-order valence-corrected chi connectivity index (χ1v) is 6.82. The lowest BCUT2D eigenvalue weighted by Crippen LogP contribution is -2.11. The molecule has 0 fully saturated rings. The van der Waals surface area contributed by atoms with E-state index in [1.807, 2.05) is 6.92 Å². The smallest absolute Gasteiger partial charge is 0.387 e. The second kappa shape index (κ2) is 8.42. The van der Waals surface area contributed by atoms with Gasteiger partial charge in [-0.1, -0.05) is 19.4 Å². The quantitative estimate of drug-likeness (QED) is 0.795. The van der Waals surface area contributed by atoms with Gasteiger partial charge in [-0.15, -0.1) is 0 Å². The van der Waals surface area contributed by atoms with Crippen LogP contribution in [0.15, 0.2) is 18.2 Å². The van der Waals surface area contributed by atoms with Crippen molar-refractivity contribution in [2.75, 3.05) is 6.61 Å². The van der Waals surface area contributed by atoms with Crippen molar-refractivity contribution in [3.63, 3.8) is 0 Å². The molecule has 116 valence electrons. The van der Waals surface area contributed by atoms with Gasteiger partial charge < -0.3 is 14.6 Å². The number of aliphatic hydroxyl groups is 1. The second-order valence-corrected chi connectivity index (χ2v) is 4.49. The van der Waals surface area contributed by atoms with Crippen molar-refractivity contribution in [2.45, 2.75) is 39.4 Å². The monoisotopic (exact) mass is 299 g/mol. The highest BCUT2D eigenvalue weighted by atomic mass is 19.3. The molecule has 0 radical (unpaired) electrons. The maximum Gasteiger partial charge on any atom is 0.387 e. The van der Waals surface area contributed by atoms with Gasteiger partial charge in [-0.3, -0.25) is 0 Å². The minimum Gasteiger partial charge on any atom is -0.490 e. The molecule has 2 unspecified atom stereocenters. The van der Waals surface area contributed by atoms with Gasteiger partial charge in [0.15, 0.2) is 11.5 Å². The average Bonchev–Trinajstić information content (AvgIpc) is 2.45. The van der Waals surface area contributed by atoms with E-state index < -0.39 is 18.6 Å². The van der Waals surface area contributed by atoms with Crippen LogP contribution in [0.3, 0.4) is 0 Å². The number of nitrogens with zero attached hydrogens (tertiary/aromatic N) is 1. The van der Waals surface area contributed by atoms with Crippen LogP contribution in [0.4, 0.5) is 8.78 Å². The zero-order chi connectivity index (χ0) is 15.8. The van der Waals surface area contributed by atoms with Crippen molar-refractivity contribution in [1.29, 1.82) is 5.26 Å². The van der Waals surface area contributed by atoms with E-state index in [2.05, 4.69) is 10.8 Å². The lowest BCUT2D eigenvalue weighted by molar-refractivity contribution is -0.0514. The summed E-state index contributed by atoms with van der Waals surface area (Å²) in [5.41, 5.74) is 0.445.